The Kier molecular flexibility index (Phi) is 7.77. The second-order valence-corrected chi connectivity index (χ2v) is 6.18. The summed E-state index contributed by atoms with van der Waals surface area (Å²) < 4.78 is 26.9. The van der Waals surface area contributed by atoms with Crippen molar-refractivity contribution in [3.05, 3.63) is 28.2 Å². The molecule has 1 aromatic rings. The summed E-state index contributed by atoms with van der Waals surface area (Å²) in [6, 6.07) is 5.18. The Bertz CT molecular complexity index is 522. The summed E-state index contributed by atoms with van der Waals surface area (Å²) in [4.78, 5) is 12.1. The predicted octanol–water partition coefficient (Wildman–Crippen LogP) is 2.88. The first-order valence-electron chi connectivity index (χ1n) is 6.51. The van der Waals surface area contributed by atoms with Crippen molar-refractivity contribution in [1.82, 2.24) is 0 Å². The van der Waals surface area contributed by atoms with E-state index in [-0.39, 0.29) is 12.3 Å². The van der Waals surface area contributed by atoms with Gasteiger partial charge in [-0.2, -0.15) is 0 Å². The van der Waals surface area contributed by atoms with Gasteiger partial charge in [-0.15, -0.1) is 0 Å². The van der Waals surface area contributed by atoms with Crippen LogP contribution in [-0.2, 0) is 20.9 Å². The number of halogens is 1. The monoisotopic (exact) mass is 375 g/mol. The number of benzene rings is 1. The van der Waals surface area contributed by atoms with Crippen molar-refractivity contribution < 1.29 is 18.8 Å². The van der Waals surface area contributed by atoms with E-state index in [4.69, 9.17) is 9.47 Å². The Morgan fingerprint density at radius 1 is 1.43 bits per heavy atom. The smallest absolute Gasteiger partial charge is 0.362 e. The number of hydrogen-bond donors (Lipinski definition) is 0. The van der Waals surface area contributed by atoms with Crippen molar-refractivity contribution >= 4 is 39.0 Å². The van der Waals surface area contributed by atoms with Gasteiger partial charge in [0.05, 0.1) is 30.6 Å². The van der Waals surface area contributed by atoms with Crippen LogP contribution >= 0.6 is 15.9 Å². The Morgan fingerprint density at radius 3 is 2.71 bits per heavy atom. The lowest BCUT2D eigenvalue weighted by molar-refractivity contribution is -0.134. The van der Waals surface area contributed by atoms with Gasteiger partial charge in [-0.3, -0.25) is 0 Å². The van der Waals surface area contributed by atoms with Crippen molar-refractivity contribution in [2.24, 2.45) is 4.40 Å². The third-order valence-corrected chi connectivity index (χ3v) is 4.09. The van der Waals surface area contributed by atoms with Crippen molar-refractivity contribution in [1.29, 1.82) is 0 Å². The number of methoxy groups -OCH3 is 1. The highest BCUT2D eigenvalue weighted by atomic mass is 79.9. The zero-order valence-electron chi connectivity index (χ0n) is 12.2. The van der Waals surface area contributed by atoms with E-state index in [2.05, 4.69) is 20.3 Å². The molecule has 0 heterocycles. The van der Waals surface area contributed by atoms with Crippen molar-refractivity contribution in [2.45, 2.75) is 20.3 Å². The summed E-state index contributed by atoms with van der Waals surface area (Å²) >= 11 is 1.86. The lowest BCUT2D eigenvalue weighted by atomic mass is 10.1. The minimum atomic E-state index is -1.48. The summed E-state index contributed by atoms with van der Waals surface area (Å²) in [5.41, 5.74) is 0.469. The van der Waals surface area contributed by atoms with Crippen LogP contribution in [0.3, 0.4) is 0 Å². The van der Waals surface area contributed by atoms with E-state index < -0.39 is 17.3 Å². The van der Waals surface area contributed by atoms with Crippen LogP contribution in [0.5, 0.6) is 5.75 Å². The number of carbonyl (C=O) groups is 1. The SMILES string of the molecule is CCC[S+]([O-])/N=C(\C(=O)OCC)c1cc(Br)ccc1OC. The van der Waals surface area contributed by atoms with E-state index in [0.29, 0.717) is 23.5 Å². The first-order valence-corrected chi connectivity index (χ1v) is 8.58. The van der Waals surface area contributed by atoms with Gasteiger partial charge in [0.15, 0.2) is 0 Å². The number of ether oxygens (including phenoxy) is 2. The third-order valence-electron chi connectivity index (χ3n) is 2.46. The molecule has 1 rings (SSSR count). The first-order chi connectivity index (χ1) is 10.0. The minimum Gasteiger partial charge on any atom is -0.591 e. The Balaban J connectivity index is 3.29. The number of rotatable bonds is 7. The van der Waals surface area contributed by atoms with Crippen LogP contribution in [0.2, 0.25) is 0 Å². The lowest BCUT2D eigenvalue weighted by Gasteiger charge is -2.11. The molecule has 0 saturated carbocycles. The highest BCUT2D eigenvalue weighted by Crippen LogP contribution is 2.24. The highest BCUT2D eigenvalue weighted by Gasteiger charge is 2.23. The van der Waals surface area contributed by atoms with Gasteiger partial charge >= 0.3 is 5.97 Å². The van der Waals surface area contributed by atoms with E-state index in [1.165, 1.54) is 7.11 Å². The molecule has 21 heavy (non-hydrogen) atoms. The van der Waals surface area contributed by atoms with Gasteiger partial charge in [-0.1, -0.05) is 27.3 Å². The van der Waals surface area contributed by atoms with E-state index in [0.717, 1.165) is 4.47 Å². The molecule has 0 spiro atoms. The summed E-state index contributed by atoms with van der Waals surface area (Å²) in [5, 5.41) is 0. The molecular formula is C14H18BrNO4S. The van der Waals surface area contributed by atoms with Crippen LogP contribution in [0.15, 0.2) is 27.1 Å². The molecule has 0 aliphatic heterocycles. The molecular weight excluding hydrogens is 358 g/mol. The fourth-order valence-corrected chi connectivity index (χ4v) is 2.76. The summed E-state index contributed by atoms with van der Waals surface area (Å²) in [5.74, 6) is 0.246. The van der Waals surface area contributed by atoms with Crippen LogP contribution in [0.4, 0.5) is 0 Å². The van der Waals surface area contributed by atoms with Crippen LogP contribution in [0.1, 0.15) is 25.8 Å². The Morgan fingerprint density at radius 2 is 2.14 bits per heavy atom. The Labute approximate surface area is 136 Å². The van der Waals surface area contributed by atoms with Crippen LogP contribution in [-0.4, -0.2) is 35.7 Å². The largest absolute Gasteiger partial charge is 0.591 e. The van der Waals surface area contributed by atoms with Crippen molar-refractivity contribution in [3.8, 4) is 5.75 Å². The summed E-state index contributed by atoms with van der Waals surface area (Å²) in [7, 11) is 1.50. The van der Waals surface area contributed by atoms with Crippen LogP contribution in [0.25, 0.3) is 0 Å². The quantitative estimate of drug-likeness (QED) is 0.417. The molecule has 0 aliphatic carbocycles. The first kappa shape index (κ1) is 18.0. The molecule has 0 fully saturated rings. The second-order valence-electron chi connectivity index (χ2n) is 4.03. The van der Waals surface area contributed by atoms with Gasteiger partial charge in [-0.25, -0.2) is 4.79 Å². The van der Waals surface area contributed by atoms with Gasteiger partial charge in [0.2, 0.25) is 5.71 Å². The highest BCUT2D eigenvalue weighted by molar-refractivity contribution is 9.10. The maximum atomic E-state index is 12.1. The second kappa shape index (κ2) is 9.07. The Hall–Kier alpha value is -1.05. The molecule has 116 valence electrons. The summed E-state index contributed by atoms with van der Waals surface area (Å²) in [6.45, 7) is 3.82. The van der Waals surface area contributed by atoms with Gasteiger partial charge in [0.25, 0.3) is 0 Å². The molecule has 7 heteroatoms. The fraction of sp³-hybridized carbons (Fsp3) is 0.429. The van der Waals surface area contributed by atoms with Gasteiger partial charge in [0, 0.05) is 4.47 Å². The molecule has 0 aromatic heterocycles. The number of carbonyl (C=O) groups excluding carboxylic acids is 1. The normalized spacial score (nSPS) is 12.9. The third kappa shape index (κ3) is 5.33. The summed E-state index contributed by atoms with van der Waals surface area (Å²) in [6.07, 6.45) is 0.710. The van der Waals surface area contributed by atoms with Crippen LogP contribution in [0, 0.1) is 0 Å². The van der Waals surface area contributed by atoms with E-state index >= 15 is 0 Å². The molecule has 0 bridgehead atoms. The predicted molar refractivity (Wildman–Crippen MR) is 87.2 cm³/mol. The van der Waals surface area contributed by atoms with Crippen molar-refractivity contribution in [2.75, 3.05) is 19.5 Å². The fourth-order valence-electron chi connectivity index (χ4n) is 1.58. The number of esters is 1. The van der Waals surface area contributed by atoms with Crippen molar-refractivity contribution in [3.63, 3.8) is 0 Å². The molecule has 1 atom stereocenters. The van der Waals surface area contributed by atoms with Gasteiger partial charge in [-0.05, 0) is 31.5 Å². The molecule has 5 nitrogen and oxygen atoms in total. The van der Waals surface area contributed by atoms with E-state index in [9.17, 15) is 9.35 Å². The zero-order chi connectivity index (χ0) is 15.8. The average molecular weight is 376 g/mol. The topological polar surface area (TPSA) is 71.0 Å². The molecule has 1 unspecified atom stereocenters. The van der Waals surface area contributed by atoms with E-state index in [1.807, 2.05) is 6.92 Å². The maximum Gasteiger partial charge on any atom is 0.362 e. The molecule has 0 aliphatic rings. The van der Waals surface area contributed by atoms with Crippen LogP contribution < -0.4 is 4.74 Å². The molecule has 0 radical (unpaired) electrons. The lowest BCUT2D eigenvalue weighted by Crippen LogP contribution is -2.22. The van der Waals surface area contributed by atoms with Gasteiger partial charge < -0.3 is 14.0 Å². The number of hydrogen-bond acceptors (Lipinski definition) is 5. The van der Waals surface area contributed by atoms with Gasteiger partial charge in [0.1, 0.15) is 11.5 Å². The molecule has 0 amide bonds. The standard InChI is InChI=1S/C14H18BrNO4S/c1-4-8-21(18)16-13(14(17)20-5-2)11-9-10(15)6-7-12(11)19-3/h6-7,9H,4-5,8H2,1-3H3/b16-13-. The molecule has 0 N–H and O–H groups in total. The maximum absolute atomic E-state index is 12.1. The molecule has 1 aromatic carbocycles. The number of nitrogens with zero attached hydrogens (tertiary/aromatic N) is 1. The zero-order valence-corrected chi connectivity index (χ0v) is 14.6. The average Bonchev–Trinajstić information content (AvgIpc) is 2.45. The molecule has 0 saturated heterocycles. The van der Waals surface area contributed by atoms with E-state index in [1.54, 1.807) is 25.1 Å². The minimum absolute atomic E-state index is 0.0155.